The standard InChI is InChI=1S/C16H13FN2O2/c1-11-5-6-15(14(17)7-11)19-16(20)10-21-13-4-2-3-12(8-13)9-18/h2-8H,10H2,1H3,(H,19,20). The maximum atomic E-state index is 13.6. The Kier molecular flexibility index (Phi) is 4.52. The van der Waals surface area contributed by atoms with Crippen LogP contribution >= 0.6 is 0 Å². The van der Waals surface area contributed by atoms with Crippen LogP contribution in [-0.4, -0.2) is 12.5 Å². The number of nitrogens with one attached hydrogen (secondary N) is 1. The fourth-order valence-corrected chi connectivity index (χ4v) is 1.71. The zero-order valence-corrected chi connectivity index (χ0v) is 11.4. The van der Waals surface area contributed by atoms with Crippen molar-refractivity contribution in [2.24, 2.45) is 0 Å². The Labute approximate surface area is 121 Å². The number of hydrogen-bond acceptors (Lipinski definition) is 3. The van der Waals surface area contributed by atoms with Gasteiger partial charge in [-0.1, -0.05) is 12.1 Å². The Bertz CT molecular complexity index is 708. The molecule has 1 N–H and O–H groups in total. The number of amides is 1. The molecule has 106 valence electrons. The second-order valence-electron chi connectivity index (χ2n) is 4.46. The fourth-order valence-electron chi connectivity index (χ4n) is 1.71. The van der Waals surface area contributed by atoms with Crippen molar-refractivity contribution in [1.82, 2.24) is 0 Å². The largest absolute Gasteiger partial charge is 0.484 e. The minimum atomic E-state index is -0.491. The molecule has 0 unspecified atom stereocenters. The molecule has 0 spiro atoms. The van der Waals surface area contributed by atoms with Gasteiger partial charge >= 0.3 is 0 Å². The molecule has 0 aliphatic heterocycles. The van der Waals surface area contributed by atoms with Crippen molar-refractivity contribution in [3.8, 4) is 11.8 Å². The van der Waals surface area contributed by atoms with Crippen LogP contribution in [-0.2, 0) is 4.79 Å². The average Bonchev–Trinajstić information content (AvgIpc) is 2.48. The molecule has 4 nitrogen and oxygen atoms in total. The van der Waals surface area contributed by atoms with Crippen LogP contribution in [0.4, 0.5) is 10.1 Å². The van der Waals surface area contributed by atoms with Crippen molar-refractivity contribution < 1.29 is 13.9 Å². The second-order valence-corrected chi connectivity index (χ2v) is 4.46. The zero-order chi connectivity index (χ0) is 15.2. The van der Waals surface area contributed by atoms with Gasteiger partial charge in [-0.3, -0.25) is 4.79 Å². The molecule has 5 heteroatoms. The molecule has 0 aromatic heterocycles. The van der Waals surface area contributed by atoms with Crippen LogP contribution in [0.3, 0.4) is 0 Å². The summed E-state index contributed by atoms with van der Waals surface area (Å²) in [7, 11) is 0. The van der Waals surface area contributed by atoms with E-state index in [2.05, 4.69) is 5.32 Å². The number of carbonyl (C=O) groups is 1. The van der Waals surface area contributed by atoms with Crippen LogP contribution in [0.1, 0.15) is 11.1 Å². The molecule has 0 fully saturated rings. The third-order valence-corrected chi connectivity index (χ3v) is 2.73. The van der Waals surface area contributed by atoms with E-state index in [0.717, 1.165) is 5.56 Å². The fraction of sp³-hybridized carbons (Fsp3) is 0.125. The SMILES string of the molecule is Cc1ccc(NC(=O)COc2cccc(C#N)c2)c(F)c1. The van der Waals surface area contributed by atoms with Crippen molar-refractivity contribution in [1.29, 1.82) is 5.26 Å². The zero-order valence-electron chi connectivity index (χ0n) is 11.4. The Morgan fingerprint density at radius 1 is 1.33 bits per heavy atom. The van der Waals surface area contributed by atoms with Gasteiger partial charge in [0.05, 0.1) is 17.3 Å². The summed E-state index contributed by atoms with van der Waals surface area (Å²) < 4.78 is 18.8. The lowest BCUT2D eigenvalue weighted by Crippen LogP contribution is -2.20. The van der Waals surface area contributed by atoms with Gasteiger partial charge in [-0.15, -0.1) is 0 Å². The first-order chi connectivity index (χ1) is 10.1. The highest BCUT2D eigenvalue weighted by Crippen LogP contribution is 2.16. The first-order valence-electron chi connectivity index (χ1n) is 6.27. The highest BCUT2D eigenvalue weighted by molar-refractivity contribution is 5.92. The molecule has 0 aliphatic rings. The van der Waals surface area contributed by atoms with Gasteiger partial charge in [-0.25, -0.2) is 4.39 Å². The number of aryl methyl sites for hydroxylation is 1. The Balaban J connectivity index is 1.94. The predicted molar refractivity (Wildman–Crippen MR) is 76.4 cm³/mol. The van der Waals surface area contributed by atoms with Gasteiger partial charge in [0.25, 0.3) is 5.91 Å². The van der Waals surface area contributed by atoms with Crippen molar-refractivity contribution >= 4 is 11.6 Å². The summed E-state index contributed by atoms with van der Waals surface area (Å²) in [6.07, 6.45) is 0. The Morgan fingerprint density at radius 2 is 2.14 bits per heavy atom. The molecule has 0 saturated heterocycles. The number of ether oxygens (including phenoxy) is 1. The van der Waals surface area contributed by atoms with Crippen LogP contribution in [0.2, 0.25) is 0 Å². The van der Waals surface area contributed by atoms with Gasteiger partial charge in [-0.05, 0) is 42.8 Å². The molecular formula is C16H13FN2O2. The van der Waals surface area contributed by atoms with Crippen molar-refractivity contribution in [3.63, 3.8) is 0 Å². The average molecular weight is 284 g/mol. The summed E-state index contributed by atoms with van der Waals surface area (Å²) >= 11 is 0. The molecule has 0 atom stereocenters. The first kappa shape index (κ1) is 14.5. The summed E-state index contributed by atoms with van der Waals surface area (Å²) in [5.74, 6) is -0.552. The number of rotatable bonds is 4. The highest BCUT2D eigenvalue weighted by atomic mass is 19.1. The third kappa shape index (κ3) is 4.05. The molecule has 2 rings (SSSR count). The van der Waals surface area contributed by atoms with Crippen LogP contribution in [0.25, 0.3) is 0 Å². The van der Waals surface area contributed by atoms with Gasteiger partial charge in [0.2, 0.25) is 0 Å². The van der Waals surface area contributed by atoms with E-state index in [1.165, 1.54) is 18.2 Å². The minimum absolute atomic E-state index is 0.111. The molecule has 2 aromatic rings. The van der Waals surface area contributed by atoms with E-state index in [1.807, 2.05) is 6.07 Å². The molecule has 2 aromatic carbocycles. The third-order valence-electron chi connectivity index (χ3n) is 2.73. The lowest BCUT2D eigenvalue weighted by atomic mass is 10.2. The number of benzene rings is 2. The molecule has 0 bridgehead atoms. The summed E-state index contributed by atoms with van der Waals surface area (Å²) in [6.45, 7) is 1.50. The number of nitrogens with zero attached hydrogens (tertiary/aromatic N) is 1. The number of anilines is 1. The van der Waals surface area contributed by atoms with E-state index in [9.17, 15) is 9.18 Å². The maximum Gasteiger partial charge on any atom is 0.262 e. The van der Waals surface area contributed by atoms with Crippen LogP contribution in [0.15, 0.2) is 42.5 Å². The van der Waals surface area contributed by atoms with Crippen molar-refractivity contribution in [3.05, 3.63) is 59.4 Å². The second kappa shape index (κ2) is 6.53. The topological polar surface area (TPSA) is 62.1 Å². The monoisotopic (exact) mass is 284 g/mol. The van der Waals surface area contributed by atoms with Crippen molar-refractivity contribution in [2.75, 3.05) is 11.9 Å². The first-order valence-corrected chi connectivity index (χ1v) is 6.27. The van der Waals surface area contributed by atoms with E-state index < -0.39 is 11.7 Å². The predicted octanol–water partition coefficient (Wildman–Crippen LogP) is 3.02. The lowest BCUT2D eigenvalue weighted by molar-refractivity contribution is -0.118. The summed E-state index contributed by atoms with van der Waals surface area (Å²) in [5, 5.41) is 11.2. The van der Waals surface area contributed by atoms with Crippen LogP contribution in [0, 0.1) is 24.1 Å². The quantitative estimate of drug-likeness (QED) is 0.938. The molecule has 0 radical (unpaired) electrons. The maximum absolute atomic E-state index is 13.6. The number of carbonyl (C=O) groups excluding carboxylic acids is 1. The highest BCUT2D eigenvalue weighted by Gasteiger charge is 2.08. The molecular weight excluding hydrogens is 271 g/mol. The Morgan fingerprint density at radius 3 is 2.86 bits per heavy atom. The van der Waals surface area contributed by atoms with Gasteiger partial charge < -0.3 is 10.1 Å². The smallest absolute Gasteiger partial charge is 0.262 e. The van der Waals surface area contributed by atoms with Gasteiger partial charge in [0, 0.05) is 0 Å². The van der Waals surface area contributed by atoms with Crippen molar-refractivity contribution in [2.45, 2.75) is 6.92 Å². The number of hydrogen-bond donors (Lipinski definition) is 1. The molecule has 21 heavy (non-hydrogen) atoms. The van der Waals surface area contributed by atoms with E-state index in [1.54, 1.807) is 31.2 Å². The van der Waals surface area contributed by atoms with E-state index in [4.69, 9.17) is 10.00 Å². The number of nitriles is 1. The number of halogens is 1. The van der Waals surface area contributed by atoms with E-state index in [0.29, 0.717) is 11.3 Å². The van der Waals surface area contributed by atoms with Gasteiger partial charge in [0.1, 0.15) is 11.6 Å². The molecule has 0 saturated carbocycles. The van der Waals surface area contributed by atoms with Crippen LogP contribution < -0.4 is 10.1 Å². The molecule has 1 amide bonds. The summed E-state index contributed by atoms with van der Waals surface area (Å²) in [6, 6.07) is 13.0. The summed E-state index contributed by atoms with van der Waals surface area (Å²) in [4.78, 5) is 11.7. The van der Waals surface area contributed by atoms with E-state index in [-0.39, 0.29) is 12.3 Å². The van der Waals surface area contributed by atoms with Crippen LogP contribution in [0.5, 0.6) is 5.75 Å². The summed E-state index contributed by atoms with van der Waals surface area (Å²) in [5.41, 5.74) is 1.33. The normalized spacial score (nSPS) is 9.76. The van der Waals surface area contributed by atoms with Gasteiger partial charge in [0.15, 0.2) is 6.61 Å². The lowest BCUT2D eigenvalue weighted by Gasteiger charge is -2.08. The Hall–Kier alpha value is -2.87. The molecule has 0 heterocycles. The van der Waals surface area contributed by atoms with Gasteiger partial charge in [-0.2, -0.15) is 5.26 Å². The molecule has 0 aliphatic carbocycles. The van der Waals surface area contributed by atoms with E-state index >= 15 is 0 Å². The minimum Gasteiger partial charge on any atom is -0.484 e.